The molecule has 0 unspecified atom stereocenters. The van der Waals surface area contributed by atoms with Crippen molar-refractivity contribution in [3.63, 3.8) is 0 Å². The number of aromatic nitrogens is 3. The van der Waals surface area contributed by atoms with Crippen molar-refractivity contribution in [2.24, 2.45) is 0 Å². The number of nitrogens with zero attached hydrogens (tertiary/aromatic N) is 5. The predicted molar refractivity (Wildman–Crippen MR) is 88.8 cm³/mol. The Kier molecular flexibility index (Phi) is 4.73. The van der Waals surface area contributed by atoms with E-state index in [2.05, 4.69) is 52.2 Å². The Balaban J connectivity index is 1.61. The number of hydrogen-bond acceptors (Lipinski definition) is 4. The summed E-state index contributed by atoms with van der Waals surface area (Å²) in [4.78, 5) is 9.34. The normalized spacial score (nSPS) is 18.9. The summed E-state index contributed by atoms with van der Waals surface area (Å²) >= 11 is 0. The average molecular weight is 299 g/mol. The van der Waals surface area contributed by atoms with Crippen molar-refractivity contribution in [2.45, 2.75) is 38.9 Å². The van der Waals surface area contributed by atoms with Gasteiger partial charge in [0.05, 0.1) is 6.20 Å². The summed E-state index contributed by atoms with van der Waals surface area (Å²) in [7, 11) is 2.22. The van der Waals surface area contributed by atoms with Crippen molar-refractivity contribution in [1.29, 1.82) is 0 Å². The zero-order valence-electron chi connectivity index (χ0n) is 13.5. The van der Waals surface area contributed by atoms with Crippen LogP contribution in [-0.4, -0.2) is 45.8 Å². The third-order valence-corrected chi connectivity index (χ3v) is 4.44. The second kappa shape index (κ2) is 6.92. The molecule has 1 aliphatic rings. The van der Waals surface area contributed by atoms with Crippen LogP contribution in [0.5, 0.6) is 0 Å². The molecule has 5 nitrogen and oxygen atoms in total. The minimum Gasteiger partial charge on any atom is -0.355 e. The first-order valence-corrected chi connectivity index (χ1v) is 8.14. The highest BCUT2D eigenvalue weighted by molar-refractivity contribution is 5.38. The summed E-state index contributed by atoms with van der Waals surface area (Å²) in [6.45, 7) is 6.16. The van der Waals surface area contributed by atoms with E-state index in [0.29, 0.717) is 6.04 Å². The maximum Gasteiger partial charge on any atom is 0.128 e. The van der Waals surface area contributed by atoms with Crippen molar-refractivity contribution in [1.82, 2.24) is 19.7 Å². The van der Waals surface area contributed by atoms with E-state index < -0.39 is 0 Å². The Morgan fingerprint density at radius 3 is 3.00 bits per heavy atom. The molecule has 0 radical (unpaired) electrons. The molecule has 3 rings (SSSR count). The third-order valence-electron chi connectivity index (χ3n) is 4.44. The van der Waals surface area contributed by atoms with Gasteiger partial charge in [-0.15, -0.1) is 0 Å². The molecule has 0 amide bonds. The summed E-state index contributed by atoms with van der Waals surface area (Å²) in [5, 5.41) is 4.36. The van der Waals surface area contributed by atoms with E-state index in [1.165, 1.54) is 18.4 Å². The van der Waals surface area contributed by atoms with Crippen LogP contribution in [0, 0.1) is 0 Å². The Bertz CT molecular complexity index is 580. The minimum absolute atomic E-state index is 0.570. The molecular formula is C17H25N5. The lowest BCUT2D eigenvalue weighted by molar-refractivity contribution is 0.207. The van der Waals surface area contributed by atoms with Gasteiger partial charge in [-0.1, -0.05) is 6.07 Å². The Morgan fingerprint density at radius 2 is 2.27 bits per heavy atom. The molecule has 0 bridgehead atoms. The first-order chi connectivity index (χ1) is 10.8. The van der Waals surface area contributed by atoms with Gasteiger partial charge in [0, 0.05) is 50.2 Å². The van der Waals surface area contributed by atoms with Crippen molar-refractivity contribution in [3.8, 4) is 0 Å². The topological polar surface area (TPSA) is 37.2 Å². The summed E-state index contributed by atoms with van der Waals surface area (Å²) in [5.74, 6) is 1.10. The highest BCUT2D eigenvalue weighted by Gasteiger charge is 2.24. The molecule has 1 aliphatic heterocycles. The van der Waals surface area contributed by atoms with Gasteiger partial charge in [0.25, 0.3) is 0 Å². The van der Waals surface area contributed by atoms with E-state index in [1.807, 2.05) is 23.1 Å². The molecule has 2 aromatic heterocycles. The quantitative estimate of drug-likeness (QED) is 0.849. The van der Waals surface area contributed by atoms with Crippen molar-refractivity contribution in [3.05, 3.63) is 42.4 Å². The standard InChI is InChI=1S/C17H25N5/c1-3-22-13-15(11-19-22)12-20(2)16-7-6-10-21(14-16)17-8-4-5-9-18-17/h4-5,8-9,11,13,16H,3,6-7,10,12,14H2,1-2H3/t16-/m0/s1. The van der Waals surface area contributed by atoms with Gasteiger partial charge in [-0.3, -0.25) is 9.58 Å². The minimum atomic E-state index is 0.570. The predicted octanol–water partition coefficient (Wildman–Crippen LogP) is 2.40. The molecule has 1 fully saturated rings. The number of pyridine rings is 1. The van der Waals surface area contributed by atoms with Gasteiger partial charge in [0.1, 0.15) is 5.82 Å². The van der Waals surface area contributed by atoms with Crippen LogP contribution in [0.1, 0.15) is 25.3 Å². The molecular weight excluding hydrogens is 274 g/mol. The summed E-state index contributed by atoms with van der Waals surface area (Å²) in [6.07, 6.45) is 8.48. The summed E-state index contributed by atoms with van der Waals surface area (Å²) in [5.41, 5.74) is 1.29. The van der Waals surface area contributed by atoms with Crippen LogP contribution >= 0.6 is 0 Å². The van der Waals surface area contributed by atoms with E-state index >= 15 is 0 Å². The molecule has 1 saturated heterocycles. The van der Waals surface area contributed by atoms with Gasteiger partial charge in [0.2, 0.25) is 0 Å². The second-order valence-electron chi connectivity index (χ2n) is 6.05. The van der Waals surface area contributed by atoms with Gasteiger partial charge in [-0.25, -0.2) is 4.98 Å². The van der Waals surface area contributed by atoms with E-state index in [-0.39, 0.29) is 0 Å². The van der Waals surface area contributed by atoms with Crippen LogP contribution in [0.4, 0.5) is 5.82 Å². The van der Waals surface area contributed by atoms with E-state index in [9.17, 15) is 0 Å². The maximum atomic E-state index is 4.49. The van der Waals surface area contributed by atoms with Gasteiger partial charge in [-0.2, -0.15) is 5.10 Å². The van der Waals surface area contributed by atoms with E-state index in [1.54, 1.807) is 0 Å². The third kappa shape index (κ3) is 3.47. The lowest BCUT2D eigenvalue weighted by Gasteiger charge is -2.38. The molecule has 1 atom stereocenters. The van der Waals surface area contributed by atoms with Gasteiger partial charge in [0.15, 0.2) is 0 Å². The Morgan fingerprint density at radius 1 is 1.36 bits per heavy atom. The highest BCUT2D eigenvalue weighted by atomic mass is 15.3. The van der Waals surface area contributed by atoms with Gasteiger partial charge < -0.3 is 4.90 Å². The molecule has 22 heavy (non-hydrogen) atoms. The Hall–Kier alpha value is -1.88. The number of rotatable bonds is 5. The van der Waals surface area contributed by atoms with Gasteiger partial charge in [-0.05, 0) is 38.9 Å². The number of likely N-dealkylation sites (N-methyl/N-ethyl adjacent to an activating group) is 1. The molecule has 118 valence electrons. The molecule has 0 N–H and O–H groups in total. The molecule has 0 saturated carbocycles. The van der Waals surface area contributed by atoms with Crippen molar-refractivity contribution < 1.29 is 0 Å². The van der Waals surface area contributed by atoms with Crippen LogP contribution in [0.3, 0.4) is 0 Å². The number of hydrogen-bond donors (Lipinski definition) is 0. The van der Waals surface area contributed by atoms with Crippen LogP contribution < -0.4 is 4.90 Å². The SMILES string of the molecule is CCn1cc(CN(C)[C@H]2CCCN(c3ccccn3)C2)cn1. The van der Waals surface area contributed by atoms with Crippen LogP contribution in [-0.2, 0) is 13.1 Å². The number of piperidine rings is 1. The fraction of sp³-hybridized carbons (Fsp3) is 0.529. The lowest BCUT2D eigenvalue weighted by atomic mass is 10.0. The zero-order chi connectivity index (χ0) is 15.4. The first kappa shape index (κ1) is 15.0. The first-order valence-electron chi connectivity index (χ1n) is 8.14. The second-order valence-corrected chi connectivity index (χ2v) is 6.05. The molecule has 3 heterocycles. The smallest absolute Gasteiger partial charge is 0.128 e. The number of anilines is 1. The van der Waals surface area contributed by atoms with E-state index in [4.69, 9.17) is 0 Å². The maximum absolute atomic E-state index is 4.49. The number of aryl methyl sites for hydroxylation is 1. The van der Waals surface area contributed by atoms with Crippen molar-refractivity contribution >= 4 is 5.82 Å². The van der Waals surface area contributed by atoms with Gasteiger partial charge >= 0.3 is 0 Å². The van der Waals surface area contributed by atoms with E-state index in [0.717, 1.165) is 32.0 Å². The summed E-state index contributed by atoms with van der Waals surface area (Å²) < 4.78 is 1.99. The largest absolute Gasteiger partial charge is 0.355 e. The highest BCUT2D eigenvalue weighted by Crippen LogP contribution is 2.21. The van der Waals surface area contributed by atoms with Crippen LogP contribution in [0.15, 0.2) is 36.8 Å². The molecule has 0 spiro atoms. The monoisotopic (exact) mass is 299 g/mol. The Labute approximate surface area is 132 Å². The molecule has 0 aromatic carbocycles. The summed E-state index contributed by atoms with van der Waals surface area (Å²) in [6, 6.07) is 6.71. The lowest BCUT2D eigenvalue weighted by Crippen LogP contribution is -2.46. The fourth-order valence-electron chi connectivity index (χ4n) is 3.14. The molecule has 5 heteroatoms. The van der Waals surface area contributed by atoms with Crippen LogP contribution in [0.25, 0.3) is 0 Å². The molecule has 0 aliphatic carbocycles. The van der Waals surface area contributed by atoms with Crippen molar-refractivity contribution in [2.75, 3.05) is 25.0 Å². The average Bonchev–Trinajstić information content (AvgIpc) is 3.03. The zero-order valence-corrected chi connectivity index (χ0v) is 13.5. The van der Waals surface area contributed by atoms with Crippen LogP contribution in [0.2, 0.25) is 0 Å². The fourth-order valence-corrected chi connectivity index (χ4v) is 3.14. The molecule has 2 aromatic rings.